The summed E-state index contributed by atoms with van der Waals surface area (Å²) in [5.74, 6) is -7.50. The van der Waals surface area contributed by atoms with E-state index in [0.29, 0.717) is 42.6 Å². The minimum Gasteiger partial charge on any atom is -0.497 e. The molecule has 11 atom stereocenters. The first-order chi connectivity index (χ1) is 49.2. The van der Waals surface area contributed by atoms with E-state index >= 15 is 19.2 Å². The minimum atomic E-state index is -4.79. The number of halogens is 4. The number of amides is 11. The molecule has 0 bridgehead atoms. The van der Waals surface area contributed by atoms with Gasteiger partial charge in [0.25, 0.3) is 0 Å². The Morgan fingerprint density at radius 1 is 0.695 bits per heavy atom. The van der Waals surface area contributed by atoms with E-state index in [9.17, 15) is 46.7 Å². The standard InChI is InChI=1S/C77H112ClF3N12O12/c1-19-48(6)63-44-86(11)61(71(100)85(9)10)43-65(95)89(14)59(38-46(3)4)67(96)83-66(49(7)20-2)74(103)88(13)50(8)69(98)93-37-34-58(93)73(102)91(16)62(41-52-28-26-47(5)27-29-52)72(101)87(12)45-64(94)82-57(33-31-51-30-32-55(56(78)40-51)77(79,80)81)70(99)90(15)60(42-53-24-23-25-54(39-53)105-18)68(97)84-76(35-21-22-36-76)75(104)92(63)17/h23-30,32,39-40,46,48-50,57-63,66H,19-22,31,33-38,41-45H2,1-18H3,(H,82,94)(H,83,96)(H,84,97)/t48-,49-,50-,57-,58-,59-,60-,61-,62-,63+,66-/m0/s1. The van der Waals surface area contributed by atoms with Crippen LogP contribution in [0.4, 0.5) is 13.2 Å². The number of aryl methyl sites for hydroxylation is 2. The fourth-order valence-corrected chi connectivity index (χ4v) is 14.5. The van der Waals surface area contributed by atoms with Gasteiger partial charge in [0.05, 0.1) is 36.7 Å². The van der Waals surface area contributed by atoms with Crippen molar-refractivity contribution in [2.24, 2.45) is 17.8 Å². The van der Waals surface area contributed by atoms with Gasteiger partial charge < -0.3 is 59.9 Å². The van der Waals surface area contributed by atoms with Crippen molar-refractivity contribution in [1.82, 2.24) is 60.0 Å². The van der Waals surface area contributed by atoms with Gasteiger partial charge in [-0.15, -0.1) is 0 Å². The van der Waals surface area contributed by atoms with Crippen LogP contribution < -0.4 is 20.7 Å². The van der Waals surface area contributed by atoms with Gasteiger partial charge in [0, 0.05) is 88.4 Å². The zero-order chi connectivity index (χ0) is 78.4. The van der Waals surface area contributed by atoms with E-state index in [1.54, 1.807) is 81.3 Å². The van der Waals surface area contributed by atoms with Crippen LogP contribution in [0.5, 0.6) is 5.75 Å². The van der Waals surface area contributed by atoms with Gasteiger partial charge in [-0.1, -0.05) is 127 Å². The third kappa shape index (κ3) is 21.3. The van der Waals surface area contributed by atoms with Crippen LogP contribution in [0.2, 0.25) is 5.02 Å². The second kappa shape index (κ2) is 37.3. The van der Waals surface area contributed by atoms with Crippen molar-refractivity contribution in [3.63, 3.8) is 0 Å². The molecule has 1 spiro atoms. The van der Waals surface area contributed by atoms with Crippen LogP contribution in [-0.2, 0) is 78.2 Å². The Bertz CT molecular complexity index is 3590. The molecule has 3 fully saturated rings. The SMILES string of the molecule is CC[C@H](C)[C@@H]1NC(=O)[C@H](CC(C)C)N(C)C(=O)C[C@@H](C(=O)N(C)C)N(C)C[C@H]([C@@H](C)CC)N(C)C(=O)C2(CCCC2)NC(=O)[C@H](Cc2cccc(OC)c2)N(C)C(=O)[C@H](CCc2ccc(C(F)(F)F)c(Cl)c2)NC(=O)CN(C)C(=O)[C@H](Cc2ccc(C)cc2)N(C)C(=O)[C@@H]2CCN2C(=O)[C@H](C)N(C)C1=O. The molecule has 0 unspecified atom stereocenters. The Kier molecular flexibility index (Phi) is 30.4. The normalized spacial score (nSPS) is 24.9. The zero-order valence-corrected chi connectivity index (χ0v) is 65.3. The molecule has 2 saturated heterocycles. The number of carbonyl (C=O) groups excluding carboxylic acids is 11. The monoisotopic (exact) mass is 1490 g/mol. The highest BCUT2D eigenvalue weighted by molar-refractivity contribution is 6.31. The van der Waals surface area contributed by atoms with Crippen molar-refractivity contribution in [1.29, 1.82) is 0 Å². The Hall–Kier alpha value is -8.33. The second-order valence-corrected chi connectivity index (χ2v) is 30.3. The molecule has 11 amide bonds. The molecule has 3 N–H and O–H groups in total. The number of methoxy groups -OCH3 is 1. The van der Waals surface area contributed by atoms with Crippen molar-refractivity contribution in [2.75, 3.05) is 90.2 Å². The van der Waals surface area contributed by atoms with Crippen LogP contribution in [0.3, 0.4) is 0 Å². The van der Waals surface area contributed by atoms with Crippen molar-refractivity contribution < 1.29 is 70.6 Å². The van der Waals surface area contributed by atoms with E-state index in [4.69, 9.17) is 16.3 Å². The summed E-state index contributed by atoms with van der Waals surface area (Å²) >= 11 is 6.21. The molecular formula is C77H112ClF3N12O12. The molecule has 0 aromatic heterocycles. The van der Waals surface area contributed by atoms with E-state index in [2.05, 4.69) is 16.0 Å². The fraction of sp³-hybridized carbons (Fsp3) is 0.623. The molecule has 28 heteroatoms. The lowest BCUT2D eigenvalue weighted by atomic mass is 9.90. The van der Waals surface area contributed by atoms with E-state index in [-0.39, 0.29) is 81.9 Å². The summed E-state index contributed by atoms with van der Waals surface area (Å²) in [7, 11) is 14.9. The molecule has 2 heterocycles. The summed E-state index contributed by atoms with van der Waals surface area (Å²) in [6, 6.07) is 6.55. The van der Waals surface area contributed by atoms with Gasteiger partial charge in [-0.3, -0.25) is 57.6 Å². The topological polar surface area (TPSA) is 262 Å². The van der Waals surface area contributed by atoms with Gasteiger partial charge in [0.1, 0.15) is 53.6 Å². The predicted molar refractivity (Wildman–Crippen MR) is 394 cm³/mol. The second-order valence-electron chi connectivity index (χ2n) is 29.9. The average Bonchev–Trinajstić information content (AvgIpc) is 1.75. The minimum absolute atomic E-state index is 0.0524. The molecule has 105 heavy (non-hydrogen) atoms. The predicted octanol–water partition coefficient (Wildman–Crippen LogP) is 6.64. The van der Waals surface area contributed by atoms with E-state index in [1.165, 1.54) is 79.8 Å². The molecular weight excluding hydrogens is 1380 g/mol. The highest BCUT2D eigenvalue weighted by atomic mass is 35.5. The first kappa shape index (κ1) is 85.6. The van der Waals surface area contributed by atoms with E-state index in [1.807, 2.05) is 53.7 Å². The highest BCUT2D eigenvalue weighted by Crippen LogP contribution is 2.37. The number of hydrogen-bond acceptors (Lipinski definition) is 13. The lowest BCUT2D eigenvalue weighted by Crippen LogP contribution is -2.65. The summed E-state index contributed by atoms with van der Waals surface area (Å²) in [4.78, 5) is 178. The third-order valence-electron chi connectivity index (χ3n) is 21.7. The Morgan fingerprint density at radius 3 is 1.87 bits per heavy atom. The smallest absolute Gasteiger partial charge is 0.417 e. The lowest BCUT2D eigenvalue weighted by Gasteiger charge is -2.45. The lowest BCUT2D eigenvalue weighted by molar-refractivity contribution is -0.160. The number of rotatable bonds is 15. The highest BCUT2D eigenvalue weighted by Gasteiger charge is 2.50. The van der Waals surface area contributed by atoms with Crippen molar-refractivity contribution in [3.05, 3.63) is 99.6 Å². The average molecular weight is 1490 g/mol. The van der Waals surface area contributed by atoms with Crippen LogP contribution in [0, 0.1) is 24.7 Å². The summed E-state index contributed by atoms with van der Waals surface area (Å²) in [6.07, 6.45) is -3.06. The first-order valence-electron chi connectivity index (χ1n) is 36.5. The van der Waals surface area contributed by atoms with Gasteiger partial charge in [0.15, 0.2) is 0 Å². The van der Waals surface area contributed by atoms with E-state index in [0.717, 1.165) is 27.5 Å². The molecule has 6 rings (SSSR count). The molecule has 580 valence electrons. The Morgan fingerprint density at radius 2 is 1.30 bits per heavy atom. The number of benzene rings is 3. The van der Waals surface area contributed by atoms with Crippen LogP contribution in [0.15, 0.2) is 66.7 Å². The molecule has 0 radical (unpaired) electrons. The van der Waals surface area contributed by atoms with Gasteiger partial charge >= 0.3 is 6.18 Å². The molecule has 1 aliphatic carbocycles. The van der Waals surface area contributed by atoms with Gasteiger partial charge in [-0.2, -0.15) is 13.2 Å². The largest absolute Gasteiger partial charge is 0.497 e. The number of fused-ring (bicyclic) bond motifs is 1. The number of ether oxygens (including phenoxy) is 1. The van der Waals surface area contributed by atoms with Gasteiger partial charge in [-0.05, 0) is 118 Å². The summed E-state index contributed by atoms with van der Waals surface area (Å²) in [5, 5.41) is 8.25. The zero-order valence-electron chi connectivity index (χ0n) is 64.5. The van der Waals surface area contributed by atoms with Gasteiger partial charge in [-0.25, -0.2) is 0 Å². The summed E-state index contributed by atoms with van der Waals surface area (Å²) < 4.78 is 47.6. The quantitative estimate of drug-likeness (QED) is 0.144. The molecule has 2 aliphatic heterocycles. The number of carbonyl (C=O) groups is 11. The fourth-order valence-electron chi connectivity index (χ4n) is 14.2. The Balaban J connectivity index is 1.50. The maximum atomic E-state index is 15.7. The van der Waals surface area contributed by atoms with Crippen molar-refractivity contribution >= 4 is 76.6 Å². The molecule has 24 nitrogen and oxygen atoms in total. The number of likely N-dealkylation sites (N-methyl/N-ethyl adjacent to an activating group) is 8. The van der Waals surface area contributed by atoms with Crippen LogP contribution in [0.1, 0.15) is 140 Å². The van der Waals surface area contributed by atoms with Crippen molar-refractivity contribution in [3.8, 4) is 5.75 Å². The molecule has 3 aliphatic rings. The third-order valence-corrected chi connectivity index (χ3v) is 22.1. The number of nitrogens with zero attached hydrogens (tertiary/aromatic N) is 9. The number of nitrogens with one attached hydrogen (secondary N) is 3. The van der Waals surface area contributed by atoms with Crippen LogP contribution in [0.25, 0.3) is 0 Å². The molecule has 3 aromatic carbocycles. The first-order valence-corrected chi connectivity index (χ1v) is 36.9. The maximum absolute atomic E-state index is 15.7. The summed E-state index contributed by atoms with van der Waals surface area (Å²) in [6.45, 7) is 14.2. The number of alkyl halides is 3. The number of hydrogen-bond donors (Lipinski definition) is 3. The Labute approximate surface area is 622 Å². The molecule has 1 saturated carbocycles. The molecule has 3 aromatic rings. The summed E-state index contributed by atoms with van der Waals surface area (Å²) in [5.41, 5.74) is -0.276. The van der Waals surface area contributed by atoms with Crippen LogP contribution >= 0.6 is 11.6 Å². The van der Waals surface area contributed by atoms with Crippen molar-refractivity contribution in [2.45, 2.75) is 205 Å². The van der Waals surface area contributed by atoms with Gasteiger partial charge in [0.2, 0.25) is 65.0 Å². The maximum Gasteiger partial charge on any atom is 0.417 e. The van der Waals surface area contributed by atoms with E-state index < -0.39 is 161 Å². The van der Waals surface area contributed by atoms with Crippen LogP contribution in [-0.4, -0.2) is 259 Å².